The molecule has 1 saturated heterocycles. The second-order valence-corrected chi connectivity index (χ2v) is 7.65. The molecule has 1 unspecified atom stereocenters. The summed E-state index contributed by atoms with van der Waals surface area (Å²) in [6.07, 6.45) is 0.816. The van der Waals surface area contributed by atoms with Crippen molar-refractivity contribution in [2.75, 3.05) is 19.9 Å². The molecule has 1 amide bonds. The molecule has 2 N–H and O–H groups in total. The Hall–Kier alpha value is -3.55. The molecule has 0 spiro atoms. The van der Waals surface area contributed by atoms with Gasteiger partial charge in [-0.3, -0.25) is 4.98 Å². The Morgan fingerprint density at radius 3 is 2.90 bits per heavy atom. The van der Waals surface area contributed by atoms with Gasteiger partial charge in [-0.25, -0.2) is 9.78 Å². The lowest BCUT2D eigenvalue weighted by molar-refractivity contribution is 0.129. The van der Waals surface area contributed by atoms with Gasteiger partial charge in [-0.2, -0.15) is 0 Å². The van der Waals surface area contributed by atoms with Crippen LogP contribution in [-0.4, -0.2) is 50.9 Å². The summed E-state index contributed by atoms with van der Waals surface area (Å²) in [6.45, 7) is 3.16. The fourth-order valence-electron chi connectivity index (χ4n) is 4.08. The number of amides is 1. The maximum atomic E-state index is 11.5. The number of piperidine rings is 1. The first kappa shape index (κ1) is 18.5. The first-order valence-corrected chi connectivity index (χ1v) is 10.0. The highest BCUT2D eigenvalue weighted by Crippen LogP contribution is 2.39. The van der Waals surface area contributed by atoms with E-state index in [4.69, 9.17) is 14.5 Å². The Morgan fingerprint density at radius 1 is 1.20 bits per heavy atom. The van der Waals surface area contributed by atoms with Crippen molar-refractivity contribution < 1.29 is 19.4 Å². The van der Waals surface area contributed by atoms with Crippen molar-refractivity contribution in [1.29, 1.82) is 0 Å². The predicted molar refractivity (Wildman–Crippen MR) is 110 cm³/mol. The molecule has 8 nitrogen and oxygen atoms in total. The fraction of sp³-hybridized carbons (Fsp3) is 0.318. The second-order valence-electron chi connectivity index (χ2n) is 7.65. The number of carboxylic acid groups (broad SMARTS) is 1. The van der Waals surface area contributed by atoms with Gasteiger partial charge in [0.15, 0.2) is 11.5 Å². The summed E-state index contributed by atoms with van der Waals surface area (Å²) in [5.41, 5.74) is 4.20. The van der Waals surface area contributed by atoms with E-state index in [2.05, 4.69) is 9.97 Å². The van der Waals surface area contributed by atoms with Crippen LogP contribution < -0.4 is 9.47 Å². The van der Waals surface area contributed by atoms with Gasteiger partial charge < -0.3 is 24.5 Å². The summed E-state index contributed by atoms with van der Waals surface area (Å²) in [5.74, 6) is 2.21. The van der Waals surface area contributed by atoms with Crippen LogP contribution in [0.2, 0.25) is 0 Å². The summed E-state index contributed by atoms with van der Waals surface area (Å²) in [4.78, 5) is 26.0. The van der Waals surface area contributed by atoms with Gasteiger partial charge in [-0.1, -0.05) is 6.07 Å². The van der Waals surface area contributed by atoms with Crippen LogP contribution in [0.1, 0.15) is 30.3 Å². The molecule has 1 atom stereocenters. The summed E-state index contributed by atoms with van der Waals surface area (Å²) >= 11 is 0. The number of aryl methyl sites for hydroxylation is 1. The monoisotopic (exact) mass is 406 g/mol. The van der Waals surface area contributed by atoms with Crippen LogP contribution in [0, 0.1) is 6.92 Å². The molecule has 30 heavy (non-hydrogen) atoms. The molecule has 0 radical (unpaired) electrons. The average molecular weight is 406 g/mol. The number of nitrogens with zero attached hydrogens (tertiary/aromatic N) is 3. The smallest absolute Gasteiger partial charge is 0.407 e. The van der Waals surface area contributed by atoms with Gasteiger partial charge in [0, 0.05) is 30.3 Å². The van der Waals surface area contributed by atoms with Crippen LogP contribution in [-0.2, 0) is 0 Å². The number of rotatable bonds is 3. The zero-order valence-corrected chi connectivity index (χ0v) is 16.6. The highest BCUT2D eigenvalue weighted by atomic mass is 16.7. The Kier molecular flexibility index (Phi) is 4.54. The van der Waals surface area contributed by atoms with Gasteiger partial charge in [0.25, 0.3) is 0 Å². The van der Waals surface area contributed by atoms with Crippen molar-refractivity contribution >= 4 is 6.09 Å². The van der Waals surface area contributed by atoms with E-state index in [-0.39, 0.29) is 12.7 Å². The number of H-pyrrole nitrogens is 1. The van der Waals surface area contributed by atoms with E-state index < -0.39 is 6.09 Å². The van der Waals surface area contributed by atoms with Crippen LogP contribution in [0.3, 0.4) is 0 Å². The van der Waals surface area contributed by atoms with Gasteiger partial charge in [-0.05, 0) is 50.1 Å². The zero-order valence-electron chi connectivity index (χ0n) is 16.6. The maximum absolute atomic E-state index is 11.5. The second kappa shape index (κ2) is 7.37. The topological polar surface area (TPSA) is 101 Å². The van der Waals surface area contributed by atoms with Crippen molar-refractivity contribution in [3.05, 3.63) is 47.9 Å². The van der Waals surface area contributed by atoms with E-state index in [1.807, 2.05) is 43.3 Å². The number of nitrogens with one attached hydrogen (secondary N) is 1. The number of benzene rings is 1. The van der Waals surface area contributed by atoms with Gasteiger partial charge in [0.1, 0.15) is 5.82 Å². The molecule has 3 aromatic rings. The summed E-state index contributed by atoms with van der Waals surface area (Å²) in [5, 5.41) is 9.40. The van der Waals surface area contributed by atoms with Crippen molar-refractivity contribution in [2.45, 2.75) is 25.7 Å². The molecule has 0 saturated carbocycles. The number of hydrogen-bond donors (Lipinski definition) is 2. The number of pyridine rings is 1. The number of aromatic amines is 1. The Balaban J connectivity index is 1.59. The Morgan fingerprint density at radius 2 is 2.07 bits per heavy atom. The number of carbonyl (C=O) groups is 1. The number of hydrogen-bond acceptors (Lipinski definition) is 5. The highest BCUT2D eigenvalue weighted by Gasteiger charge is 2.28. The summed E-state index contributed by atoms with van der Waals surface area (Å²) in [7, 11) is 0. The molecule has 0 bridgehead atoms. The van der Waals surface area contributed by atoms with Crippen LogP contribution in [0.25, 0.3) is 22.6 Å². The maximum Gasteiger partial charge on any atom is 0.407 e. The summed E-state index contributed by atoms with van der Waals surface area (Å²) in [6, 6.07) is 11.6. The number of aromatic nitrogens is 3. The molecule has 2 aromatic heterocycles. The normalized spacial score (nSPS) is 17.9. The Bertz CT molecular complexity index is 1110. The third kappa shape index (κ3) is 3.34. The molecular formula is C22H22N4O4. The lowest BCUT2D eigenvalue weighted by Gasteiger charge is -2.29. The van der Waals surface area contributed by atoms with E-state index in [1.54, 1.807) is 0 Å². The van der Waals surface area contributed by atoms with Crippen LogP contribution in [0.4, 0.5) is 4.79 Å². The standard InChI is InChI=1S/C22H22N4O4/c1-13-4-2-6-16(23-13)20-19(14-7-8-17-18(10-14)30-12-29-17)24-21(25-20)15-5-3-9-26(11-15)22(27)28/h2,4,6-8,10,15H,3,5,9,11-12H2,1H3,(H,24,25)(H,27,28). The minimum absolute atomic E-state index is 0.0150. The number of likely N-dealkylation sites (tertiary alicyclic amines) is 1. The lowest BCUT2D eigenvalue weighted by Crippen LogP contribution is -2.38. The highest BCUT2D eigenvalue weighted by molar-refractivity contribution is 5.78. The molecule has 5 rings (SSSR count). The molecule has 154 valence electrons. The van der Waals surface area contributed by atoms with Crippen molar-refractivity contribution in [3.8, 4) is 34.1 Å². The van der Waals surface area contributed by atoms with E-state index in [0.717, 1.165) is 47.0 Å². The van der Waals surface area contributed by atoms with E-state index in [0.29, 0.717) is 24.6 Å². The minimum atomic E-state index is -0.886. The van der Waals surface area contributed by atoms with Gasteiger partial charge in [0.05, 0.1) is 17.1 Å². The molecule has 2 aliphatic rings. The molecule has 1 fully saturated rings. The first-order valence-electron chi connectivity index (χ1n) is 10.0. The van der Waals surface area contributed by atoms with Gasteiger partial charge >= 0.3 is 6.09 Å². The number of fused-ring (bicyclic) bond motifs is 1. The van der Waals surface area contributed by atoms with Gasteiger partial charge in [-0.15, -0.1) is 0 Å². The van der Waals surface area contributed by atoms with Crippen LogP contribution in [0.15, 0.2) is 36.4 Å². The molecule has 8 heteroatoms. The zero-order chi connectivity index (χ0) is 20.7. The molecular weight excluding hydrogens is 384 g/mol. The third-order valence-electron chi connectivity index (χ3n) is 5.59. The number of ether oxygens (including phenoxy) is 2. The lowest BCUT2D eigenvalue weighted by atomic mass is 9.98. The van der Waals surface area contributed by atoms with Crippen molar-refractivity contribution in [2.24, 2.45) is 0 Å². The van der Waals surface area contributed by atoms with E-state index in [9.17, 15) is 9.90 Å². The fourth-order valence-corrected chi connectivity index (χ4v) is 4.08. The molecule has 4 heterocycles. The minimum Gasteiger partial charge on any atom is -0.465 e. The van der Waals surface area contributed by atoms with E-state index in [1.165, 1.54) is 4.90 Å². The summed E-state index contributed by atoms with van der Waals surface area (Å²) < 4.78 is 11.0. The molecule has 1 aromatic carbocycles. The van der Waals surface area contributed by atoms with E-state index >= 15 is 0 Å². The SMILES string of the molecule is Cc1cccc(-c2[nH]c(C3CCCN(C(=O)O)C3)nc2-c2ccc3c(c2)OCO3)n1. The van der Waals surface area contributed by atoms with Crippen LogP contribution in [0.5, 0.6) is 11.5 Å². The van der Waals surface area contributed by atoms with Gasteiger partial charge in [0.2, 0.25) is 6.79 Å². The van der Waals surface area contributed by atoms with Crippen LogP contribution >= 0.6 is 0 Å². The quantitative estimate of drug-likeness (QED) is 0.681. The first-order chi connectivity index (χ1) is 14.6. The van der Waals surface area contributed by atoms with Crippen molar-refractivity contribution in [3.63, 3.8) is 0 Å². The van der Waals surface area contributed by atoms with Crippen molar-refractivity contribution in [1.82, 2.24) is 19.9 Å². The Labute approximate surface area is 173 Å². The third-order valence-corrected chi connectivity index (χ3v) is 5.59. The molecule has 0 aliphatic carbocycles. The number of imidazole rings is 1. The predicted octanol–water partition coefficient (Wildman–Crippen LogP) is 4.03. The molecule has 2 aliphatic heterocycles. The largest absolute Gasteiger partial charge is 0.465 e. The average Bonchev–Trinajstić information content (AvgIpc) is 3.40.